The summed E-state index contributed by atoms with van der Waals surface area (Å²) >= 11 is 0. The van der Waals surface area contributed by atoms with Crippen molar-refractivity contribution < 1.29 is 4.57 Å². The molecule has 84 heavy (non-hydrogen) atoms. The Morgan fingerprint density at radius 2 is 0.452 bits per heavy atom. The highest BCUT2D eigenvalue weighted by Gasteiger charge is 2.44. The Morgan fingerprint density at radius 1 is 0.214 bits per heavy atom. The van der Waals surface area contributed by atoms with E-state index in [0.717, 1.165) is 60.1 Å². The van der Waals surface area contributed by atoms with Crippen molar-refractivity contribution in [1.29, 1.82) is 0 Å². The number of nitrogens with zero attached hydrogens (tertiary/aromatic N) is 2. The molecule has 6 heteroatoms. The maximum absolute atomic E-state index is 16.2. The fraction of sp³-hybridized carbons (Fsp3) is 0. The molecule has 13 aromatic carbocycles. The van der Waals surface area contributed by atoms with Gasteiger partial charge in [0.2, 0.25) is 0 Å². The summed E-state index contributed by atoms with van der Waals surface area (Å²) in [6.45, 7) is 0. The highest BCUT2D eigenvalue weighted by Crippen LogP contribution is 2.44. The minimum absolute atomic E-state index is 0.804. The van der Waals surface area contributed by atoms with Crippen molar-refractivity contribution in [2.45, 2.75) is 0 Å². The Morgan fingerprint density at radius 3 is 0.750 bits per heavy atom. The smallest absolute Gasteiger partial charge is 0.179 e. The zero-order valence-electron chi connectivity index (χ0n) is 46.2. The summed E-state index contributed by atoms with van der Waals surface area (Å²) in [6.07, 6.45) is 0. The minimum Gasteiger partial charge on any atom is -0.309 e. The molecule has 0 aliphatic rings. The van der Waals surface area contributed by atoms with E-state index in [1.165, 1.54) is 52.3 Å². The molecule has 0 unspecified atom stereocenters. The molecule has 0 atom stereocenters. The molecule has 2 heterocycles. The van der Waals surface area contributed by atoms with E-state index in [1.807, 2.05) is 60.7 Å². The molecule has 0 fully saturated rings. The van der Waals surface area contributed by atoms with E-state index in [1.54, 1.807) is 0 Å². The average Bonchev–Trinajstić information content (AvgIpc) is 1.92. The molecule has 15 rings (SSSR count). The van der Waals surface area contributed by atoms with Crippen LogP contribution in [0.25, 0.3) is 55.0 Å². The molecule has 0 bridgehead atoms. The SMILES string of the molecule is O=P(c1ccccc1)(c1ccccc1)c1ccc2c(c1)c1cc([Si](c3ccccc3)(c3ccccc3)c3ccc4c(c3)c3cc([Si](c5ccccc5)(c5ccccc5)c5ccccc5)ccc3n4-c3ccccc3)ccc1n2-c1ccccc1. The van der Waals surface area contributed by atoms with Crippen LogP contribution < -0.4 is 57.4 Å². The number of rotatable bonds is 13. The van der Waals surface area contributed by atoms with Crippen molar-refractivity contribution >= 4 is 124 Å². The van der Waals surface area contributed by atoms with Gasteiger partial charge in [-0.25, -0.2) is 0 Å². The summed E-state index contributed by atoms with van der Waals surface area (Å²) < 4.78 is 21.1. The topological polar surface area (TPSA) is 26.9 Å². The van der Waals surface area contributed by atoms with Gasteiger partial charge in [0.15, 0.2) is 23.3 Å². The van der Waals surface area contributed by atoms with Crippen molar-refractivity contribution in [3.05, 3.63) is 346 Å². The molecular formula is C78H57N2OPSi2. The lowest BCUT2D eigenvalue weighted by atomic mass is 10.1. The van der Waals surface area contributed by atoms with Gasteiger partial charge in [0, 0.05) is 48.8 Å². The monoisotopic (exact) mass is 1120 g/mol. The van der Waals surface area contributed by atoms with Gasteiger partial charge in [0.1, 0.15) is 0 Å². The first-order chi connectivity index (χ1) is 41.6. The van der Waals surface area contributed by atoms with Gasteiger partial charge >= 0.3 is 0 Å². The maximum Gasteiger partial charge on any atom is 0.179 e. The average molecular weight is 1130 g/mol. The van der Waals surface area contributed by atoms with E-state index in [4.69, 9.17) is 0 Å². The van der Waals surface area contributed by atoms with E-state index in [2.05, 4.69) is 294 Å². The molecule has 0 radical (unpaired) electrons. The number of hydrogen-bond acceptors (Lipinski definition) is 1. The Kier molecular flexibility index (Phi) is 12.8. The second-order valence-electron chi connectivity index (χ2n) is 21.8. The number of hydrogen-bond donors (Lipinski definition) is 0. The fourth-order valence-electron chi connectivity index (χ4n) is 13.8. The number of benzene rings is 13. The lowest BCUT2D eigenvalue weighted by Crippen LogP contribution is -2.74. The van der Waals surface area contributed by atoms with Crippen LogP contribution in [0.2, 0.25) is 0 Å². The Hall–Kier alpha value is -9.88. The fourth-order valence-corrected chi connectivity index (χ4v) is 26.0. The Balaban J connectivity index is 1.04. The highest BCUT2D eigenvalue weighted by atomic mass is 31.2. The molecular weight excluding hydrogens is 1070 g/mol. The van der Waals surface area contributed by atoms with Crippen molar-refractivity contribution in [3.63, 3.8) is 0 Å². The van der Waals surface area contributed by atoms with Crippen LogP contribution in [0.15, 0.2) is 346 Å². The Labute approximate surface area is 492 Å². The van der Waals surface area contributed by atoms with Crippen LogP contribution in [-0.4, -0.2) is 25.3 Å². The molecule has 0 saturated heterocycles. The number of para-hydroxylation sites is 2. The molecule has 398 valence electrons. The molecule has 0 spiro atoms. The molecule has 0 amide bonds. The standard InChI is InChI=1S/C78H57N2OPSi2/c81-82(60-32-14-3-15-33-60,61-34-16-4-17-35-61)62-46-50-75-71(54-62)72-56-69(48-52-76(72)79(75)58-28-10-1-11-29-58)84(66-42-24-8-25-43-66,67-44-26-9-27-45-67)70-49-53-78-74(57-70)73-55-68(47-51-77(73)80(78)59-30-12-2-13-31-59)83(63-36-18-5-19-37-63,64-38-20-6-21-39-64)65-40-22-7-23-41-65/h1-57H. The third kappa shape index (κ3) is 8.11. The van der Waals surface area contributed by atoms with Gasteiger partial charge in [-0.05, 0) is 102 Å². The predicted molar refractivity (Wildman–Crippen MR) is 362 cm³/mol. The minimum atomic E-state index is -3.34. The van der Waals surface area contributed by atoms with Crippen LogP contribution in [0.1, 0.15) is 0 Å². The van der Waals surface area contributed by atoms with Gasteiger partial charge in [-0.3, -0.25) is 0 Å². The highest BCUT2D eigenvalue weighted by molar-refractivity contribution is 7.85. The van der Waals surface area contributed by atoms with Crippen LogP contribution in [-0.2, 0) is 4.57 Å². The normalized spacial score (nSPS) is 12.1. The van der Waals surface area contributed by atoms with Crippen LogP contribution >= 0.6 is 7.14 Å². The van der Waals surface area contributed by atoms with Gasteiger partial charge in [0.05, 0.1) is 22.1 Å². The van der Waals surface area contributed by atoms with Gasteiger partial charge in [-0.1, -0.05) is 285 Å². The first-order valence-electron chi connectivity index (χ1n) is 28.8. The number of fused-ring (bicyclic) bond motifs is 6. The second-order valence-corrected chi connectivity index (χ2v) is 32.2. The predicted octanol–water partition coefficient (Wildman–Crippen LogP) is 12.3. The van der Waals surface area contributed by atoms with Gasteiger partial charge in [0.25, 0.3) is 0 Å². The quantitative estimate of drug-likeness (QED) is 0.0642. The van der Waals surface area contributed by atoms with Crippen LogP contribution in [0.3, 0.4) is 0 Å². The lowest BCUT2D eigenvalue weighted by molar-refractivity contribution is 0.592. The lowest BCUT2D eigenvalue weighted by Gasteiger charge is -2.35. The van der Waals surface area contributed by atoms with E-state index < -0.39 is 23.3 Å². The van der Waals surface area contributed by atoms with Crippen LogP contribution in [0.4, 0.5) is 0 Å². The van der Waals surface area contributed by atoms with Crippen LogP contribution in [0.5, 0.6) is 0 Å². The summed E-state index contributed by atoms with van der Waals surface area (Å²) in [5.41, 5.74) is 6.66. The zero-order valence-corrected chi connectivity index (χ0v) is 49.1. The Bertz CT molecular complexity index is 4710. The third-order valence-corrected chi connectivity index (χ3v) is 30.1. The summed E-state index contributed by atoms with van der Waals surface area (Å²) in [6, 6.07) is 127. The summed E-state index contributed by atoms with van der Waals surface area (Å²) in [4.78, 5) is 0. The summed E-state index contributed by atoms with van der Waals surface area (Å²) in [7, 11) is -9.55. The summed E-state index contributed by atoms with van der Waals surface area (Å²) in [5, 5.41) is 17.5. The van der Waals surface area contributed by atoms with Crippen molar-refractivity contribution in [2.75, 3.05) is 0 Å². The molecule has 3 nitrogen and oxygen atoms in total. The van der Waals surface area contributed by atoms with E-state index in [-0.39, 0.29) is 0 Å². The van der Waals surface area contributed by atoms with Crippen molar-refractivity contribution in [2.24, 2.45) is 0 Å². The molecule has 0 N–H and O–H groups in total. The molecule has 2 aromatic heterocycles. The van der Waals surface area contributed by atoms with Gasteiger partial charge in [-0.15, -0.1) is 0 Å². The zero-order chi connectivity index (χ0) is 56.1. The van der Waals surface area contributed by atoms with E-state index in [9.17, 15) is 0 Å². The van der Waals surface area contributed by atoms with E-state index >= 15 is 4.57 Å². The van der Waals surface area contributed by atoms with E-state index in [0.29, 0.717) is 0 Å². The van der Waals surface area contributed by atoms with Crippen LogP contribution in [0, 0.1) is 0 Å². The molecule has 0 saturated carbocycles. The van der Waals surface area contributed by atoms with Crippen molar-refractivity contribution in [3.8, 4) is 11.4 Å². The molecule has 15 aromatic rings. The second kappa shape index (κ2) is 21.1. The first kappa shape index (κ1) is 51.0. The maximum atomic E-state index is 16.2. The number of aromatic nitrogens is 2. The first-order valence-corrected chi connectivity index (χ1v) is 34.6. The van der Waals surface area contributed by atoms with Gasteiger partial charge < -0.3 is 13.7 Å². The van der Waals surface area contributed by atoms with Gasteiger partial charge in [-0.2, -0.15) is 0 Å². The largest absolute Gasteiger partial charge is 0.309 e. The van der Waals surface area contributed by atoms with Crippen molar-refractivity contribution in [1.82, 2.24) is 9.13 Å². The summed E-state index contributed by atoms with van der Waals surface area (Å²) in [5.74, 6) is 0. The third-order valence-electron chi connectivity index (χ3n) is 17.5. The molecule has 0 aliphatic heterocycles. The molecule has 0 aliphatic carbocycles.